The van der Waals surface area contributed by atoms with E-state index in [4.69, 9.17) is 9.47 Å². The molecule has 0 aliphatic carbocycles. The minimum Gasteiger partial charge on any atom is -0.454 e. The van der Waals surface area contributed by atoms with E-state index in [1.165, 1.54) is 4.88 Å². The highest BCUT2D eigenvalue weighted by molar-refractivity contribution is 7.10. The smallest absolute Gasteiger partial charge is 0.254 e. The Kier molecular flexibility index (Phi) is 3.07. The average molecular weight is 301 g/mol. The van der Waals surface area contributed by atoms with E-state index >= 15 is 0 Å². The van der Waals surface area contributed by atoms with Gasteiger partial charge in [-0.1, -0.05) is 6.07 Å². The van der Waals surface area contributed by atoms with Crippen molar-refractivity contribution in [2.24, 2.45) is 0 Å². The zero-order chi connectivity index (χ0) is 14.2. The second kappa shape index (κ2) is 5.07. The van der Waals surface area contributed by atoms with Gasteiger partial charge in [0.25, 0.3) is 5.91 Å². The van der Waals surface area contributed by atoms with Crippen LogP contribution in [0.3, 0.4) is 0 Å². The Morgan fingerprint density at radius 3 is 3.00 bits per heavy atom. The number of ether oxygens (including phenoxy) is 2. The summed E-state index contributed by atoms with van der Waals surface area (Å²) in [5.41, 5.74) is 0.669. The molecule has 1 saturated heterocycles. The first-order valence-corrected chi connectivity index (χ1v) is 7.95. The SMILES string of the molecule is O=C(c1ccc2c(c1)OCO2)N1CCC[C@H]1c1cccs1. The number of hydrogen-bond acceptors (Lipinski definition) is 4. The van der Waals surface area contributed by atoms with Crippen LogP contribution < -0.4 is 9.47 Å². The minimum atomic E-state index is 0.0733. The summed E-state index contributed by atoms with van der Waals surface area (Å²) in [6, 6.07) is 9.78. The highest BCUT2D eigenvalue weighted by Crippen LogP contribution is 2.37. The van der Waals surface area contributed by atoms with Crippen molar-refractivity contribution in [2.75, 3.05) is 13.3 Å². The monoisotopic (exact) mass is 301 g/mol. The van der Waals surface area contributed by atoms with Crippen LogP contribution >= 0.6 is 11.3 Å². The maximum Gasteiger partial charge on any atom is 0.254 e. The lowest BCUT2D eigenvalue weighted by molar-refractivity contribution is 0.0737. The van der Waals surface area contributed by atoms with Crippen LogP contribution in [0.5, 0.6) is 11.5 Å². The lowest BCUT2D eigenvalue weighted by atomic mass is 10.1. The molecule has 2 aliphatic heterocycles. The highest BCUT2D eigenvalue weighted by Gasteiger charge is 2.31. The number of amides is 1. The third kappa shape index (κ3) is 2.17. The van der Waals surface area contributed by atoms with Crippen molar-refractivity contribution in [3.05, 3.63) is 46.2 Å². The van der Waals surface area contributed by atoms with E-state index < -0.39 is 0 Å². The summed E-state index contributed by atoms with van der Waals surface area (Å²) in [6.45, 7) is 1.05. The zero-order valence-corrected chi connectivity index (χ0v) is 12.3. The Morgan fingerprint density at radius 1 is 1.24 bits per heavy atom. The third-order valence-electron chi connectivity index (χ3n) is 4.00. The summed E-state index contributed by atoms with van der Waals surface area (Å²) in [5.74, 6) is 1.44. The topological polar surface area (TPSA) is 38.8 Å². The lowest BCUT2D eigenvalue weighted by Crippen LogP contribution is -2.30. The van der Waals surface area contributed by atoms with Crippen molar-refractivity contribution >= 4 is 17.2 Å². The Hall–Kier alpha value is -2.01. The maximum absolute atomic E-state index is 12.8. The number of likely N-dealkylation sites (tertiary alicyclic amines) is 1. The summed E-state index contributed by atoms with van der Waals surface area (Å²) in [5, 5.41) is 2.07. The Balaban J connectivity index is 1.62. The fourth-order valence-corrected chi connectivity index (χ4v) is 3.86. The Labute approximate surface area is 126 Å². The molecule has 2 aliphatic rings. The van der Waals surface area contributed by atoms with Crippen molar-refractivity contribution in [3.63, 3.8) is 0 Å². The molecular formula is C16H15NO3S. The van der Waals surface area contributed by atoms with E-state index in [2.05, 4.69) is 11.4 Å². The lowest BCUT2D eigenvalue weighted by Gasteiger charge is -2.24. The second-order valence-electron chi connectivity index (χ2n) is 5.24. The van der Waals surface area contributed by atoms with Crippen LogP contribution in [-0.4, -0.2) is 24.1 Å². The van der Waals surface area contributed by atoms with Crippen molar-refractivity contribution in [1.82, 2.24) is 4.90 Å². The molecule has 1 atom stereocenters. The highest BCUT2D eigenvalue weighted by atomic mass is 32.1. The fraction of sp³-hybridized carbons (Fsp3) is 0.312. The molecule has 1 fully saturated rings. The van der Waals surface area contributed by atoms with Crippen LogP contribution in [0.4, 0.5) is 0 Å². The van der Waals surface area contributed by atoms with Gasteiger partial charge in [-0.25, -0.2) is 0 Å². The molecular weight excluding hydrogens is 286 g/mol. The molecule has 1 amide bonds. The molecule has 1 aromatic carbocycles. The Morgan fingerprint density at radius 2 is 2.14 bits per heavy atom. The number of hydrogen-bond donors (Lipinski definition) is 0. The van der Waals surface area contributed by atoms with Crippen molar-refractivity contribution in [1.29, 1.82) is 0 Å². The van der Waals surface area contributed by atoms with E-state index in [-0.39, 0.29) is 18.7 Å². The minimum absolute atomic E-state index is 0.0733. The summed E-state index contributed by atoms with van der Waals surface area (Å²) >= 11 is 1.72. The number of benzene rings is 1. The first kappa shape index (κ1) is 12.7. The number of fused-ring (bicyclic) bond motifs is 1. The molecule has 4 nitrogen and oxygen atoms in total. The number of nitrogens with zero attached hydrogens (tertiary/aromatic N) is 1. The van der Waals surface area contributed by atoms with Gasteiger partial charge in [0.2, 0.25) is 6.79 Å². The summed E-state index contributed by atoms with van der Waals surface area (Å²) < 4.78 is 10.7. The molecule has 3 heterocycles. The van der Waals surface area contributed by atoms with E-state index in [9.17, 15) is 4.79 Å². The predicted octanol–water partition coefficient (Wildman–Crippen LogP) is 3.45. The third-order valence-corrected chi connectivity index (χ3v) is 4.98. The van der Waals surface area contributed by atoms with E-state index in [1.54, 1.807) is 17.4 Å². The van der Waals surface area contributed by atoms with E-state index in [1.807, 2.05) is 23.1 Å². The van der Waals surface area contributed by atoms with Crippen LogP contribution in [0.1, 0.15) is 34.1 Å². The molecule has 0 N–H and O–H groups in total. The summed E-state index contributed by atoms with van der Waals surface area (Å²) in [6.07, 6.45) is 2.09. The van der Waals surface area contributed by atoms with Crippen molar-refractivity contribution < 1.29 is 14.3 Å². The standard InChI is InChI=1S/C16H15NO3S/c18-16(11-5-6-13-14(9-11)20-10-19-13)17-7-1-3-12(17)15-4-2-8-21-15/h2,4-6,8-9,12H,1,3,7,10H2/t12-/m0/s1. The molecule has 1 aromatic heterocycles. The molecule has 0 radical (unpaired) electrons. The van der Waals surface area contributed by atoms with Crippen molar-refractivity contribution in [3.8, 4) is 11.5 Å². The van der Waals surface area contributed by atoms with Gasteiger partial charge in [0.1, 0.15) is 0 Å². The van der Waals surface area contributed by atoms with Crippen LogP contribution in [0.15, 0.2) is 35.7 Å². The molecule has 5 heteroatoms. The van der Waals surface area contributed by atoms with Crippen LogP contribution in [0.2, 0.25) is 0 Å². The molecule has 21 heavy (non-hydrogen) atoms. The number of rotatable bonds is 2. The molecule has 0 saturated carbocycles. The number of thiophene rings is 1. The van der Waals surface area contributed by atoms with Gasteiger partial charge >= 0.3 is 0 Å². The maximum atomic E-state index is 12.8. The summed E-state index contributed by atoms with van der Waals surface area (Å²) in [7, 11) is 0. The largest absolute Gasteiger partial charge is 0.454 e. The van der Waals surface area contributed by atoms with Crippen LogP contribution in [0, 0.1) is 0 Å². The quantitative estimate of drug-likeness (QED) is 0.852. The van der Waals surface area contributed by atoms with E-state index in [0.717, 1.165) is 19.4 Å². The molecule has 2 aromatic rings. The van der Waals surface area contributed by atoms with Crippen LogP contribution in [0.25, 0.3) is 0 Å². The Bertz CT molecular complexity index is 668. The van der Waals surface area contributed by atoms with Gasteiger partial charge in [0.15, 0.2) is 11.5 Å². The van der Waals surface area contributed by atoms with Crippen molar-refractivity contribution in [2.45, 2.75) is 18.9 Å². The first-order chi connectivity index (χ1) is 10.3. The van der Waals surface area contributed by atoms with Gasteiger partial charge in [0.05, 0.1) is 6.04 Å². The van der Waals surface area contributed by atoms with E-state index in [0.29, 0.717) is 17.1 Å². The zero-order valence-electron chi connectivity index (χ0n) is 11.5. The van der Waals surface area contributed by atoms with Crippen LogP contribution in [-0.2, 0) is 0 Å². The molecule has 108 valence electrons. The number of carbonyl (C=O) groups excluding carboxylic acids is 1. The second-order valence-corrected chi connectivity index (χ2v) is 6.22. The first-order valence-electron chi connectivity index (χ1n) is 7.07. The van der Waals surface area contributed by atoms with Gasteiger partial charge in [-0.3, -0.25) is 4.79 Å². The fourth-order valence-electron chi connectivity index (χ4n) is 2.98. The molecule has 0 spiro atoms. The summed E-state index contributed by atoms with van der Waals surface area (Å²) in [4.78, 5) is 16.0. The molecule has 4 rings (SSSR count). The average Bonchev–Trinajstić information content (AvgIpc) is 3.24. The van der Waals surface area contributed by atoms with Gasteiger partial charge in [-0.15, -0.1) is 11.3 Å². The van der Waals surface area contributed by atoms with Gasteiger partial charge < -0.3 is 14.4 Å². The molecule has 0 unspecified atom stereocenters. The number of carbonyl (C=O) groups is 1. The normalized spacial score (nSPS) is 20.0. The molecule has 0 bridgehead atoms. The van der Waals surface area contributed by atoms with Gasteiger partial charge in [0, 0.05) is 17.0 Å². The van der Waals surface area contributed by atoms with Gasteiger partial charge in [-0.05, 0) is 42.5 Å². The predicted molar refractivity (Wildman–Crippen MR) is 79.9 cm³/mol. The van der Waals surface area contributed by atoms with Gasteiger partial charge in [-0.2, -0.15) is 0 Å².